The van der Waals surface area contributed by atoms with Gasteiger partial charge in [0.15, 0.2) is 0 Å². The van der Waals surface area contributed by atoms with Crippen LogP contribution < -0.4 is 4.90 Å². The van der Waals surface area contributed by atoms with Crippen LogP contribution in [0.4, 0.5) is 17.1 Å². The normalized spacial score (nSPS) is 11.5. The fourth-order valence-corrected chi connectivity index (χ4v) is 9.46. The largest absolute Gasteiger partial charge is 0.456 e. The molecule has 0 N–H and O–H groups in total. The Morgan fingerprint density at radius 1 is 0.274 bits per heavy atom. The van der Waals surface area contributed by atoms with Crippen molar-refractivity contribution in [3.05, 3.63) is 237 Å². The quantitative estimate of drug-likeness (QED) is 0.150. The first-order valence-corrected chi connectivity index (χ1v) is 21.2. The minimum Gasteiger partial charge on any atom is -0.456 e. The van der Waals surface area contributed by atoms with Gasteiger partial charge in [-0.15, -0.1) is 0 Å². The molecule has 0 fully saturated rings. The zero-order valence-electron chi connectivity index (χ0n) is 33.9. The van der Waals surface area contributed by atoms with Gasteiger partial charge >= 0.3 is 0 Å². The molecule has 0 aliphatic carbocycles. The summed E-state index contributed by atoms with van der Waals surface area (Å²) in [7, 11) is 0. The highest BCUT2D eigenvalue weighted by atomic mass is 16.3. The van der Waals surface area contributed by atoms with Crippen molar-refractivity contribution in [1.29, 1.82) is 0 Å². The maximum Gasteiger partial charge on any atom is 0.136 e. The maximum absolute atomic E-state index is 6.24. The summed E-state index contributed by atoms with van der Waals surface area (Å²) in [5.74, 6) is 0. The Morgan fingerprint density at radius 3 is 1.69 bits per heavy atom. The molecule has 2 nitrogen and oxygen atoms in total. The molecule has 1 aromatic heterocycles. The summed E-state index contributed by atoms with van der Waals surface area (Å²) in [6, 6.07) is 85.6. The van der Waals surface area contributed by atoms with E-state index in [-0.39, 0.29) is 0 Å². The molecule has 0 aliphatic rings. The summed E-state index contributed by atoms with van der Waals surface area (Å²) in [5, 5.41) is 9.73. The zero-order chi connectivity index (χ0) is 41.0. The number of hydrogen-bond acceptors (Lipinski definition) is 2. The summed E-state index contributed by atoms with van der Waals surface area (Å²) in [5.41, 5.74) is 14.5. The molecular formula is C60H39NO. The summed E-state index contributed by atoms with van der Waals surface area (Å²) < 4.78 is 6.24. The Kier molecular flexibility index (Phi) is 8.53. The Hall–Kier alpha value is -8.20. The molecule has 2 heteroatoms. The lowest BCUT2D eigenvalue weighted by Crippen LogP contribution is -2.11. The molecule has 0 saturated carbocycles. The second-order valence-corrected chi connectivity index (χ2v) is 16.1. The second-order valence-electron chi connectivity index (χ2n) is 16.1. The number of para-hydroxylation sites is 1. The van der Waals surface area contributed by atoms with Gasteiger partial charge in [-0.25, -0.2) is 0 Å². The van der Waals surface area contributed by atoms with E-state index in [9.17, 15) is 0 Å². The lowest BCUT2D eigenvalue weighted by atomic mass is 9.93. The highest BCUT2D eigenvalue weighted by Gasteiger charge is 2.20. The first-order chi connectivity index (χ1) is 30.7. The van der Waals surface area contributed by atoms with Crippen LogP contribution in [-0.2, 0) is 0 Å². The minimum absolute atomic E-state index is 0.914. The van der Waals surface area contributed by atoms with Crippen LogP contribution in [-0.4, -0.2) is 0 Å². The molecular weight excluding hydrogens is 751 g/mol. The number of fused-ring (bicyclic) bond motifs is 8. The topological polar surface area (TPSA) is 16.4 Å². The molecule has 0 aliphatic heterocycles. The van der Waals surface area contributed by atoms with Crippen molar-refractivity contribution in [2.24, 2.45) is 0 Å². The first-order valence-electron chi connectivity index (χ1n) is 21.2. The van der Waals surface area contributed by atoms with Crippen LogP contribution in [0.3, 0.4) is 0 Å². The molecule has 0 saturated heterocycles. The fraction of sp³-hybridized carbons (Fsp3) is 0. The van der Waals surface area contributed by atoms with E-state index >= 15 is 0 Å². The number of nitrogens with zero attached hydrogens (tertiary/aromatic N) is 1. The van der Waals surface area contributed by atoms with E-state index in [1.165, 1.54) is 54.6 Å². The maximum atomic E-state index is 6.24. The van der Waals surface area contributed by atoms with Gasteiger partial charge in [-0.2, -0.15) is 0 Å². The van der Waals surface area contributed by atoms with Crippen LogP contribution in [0.2, 0.25) is 0 Å². The van der Waals surface area contributed by atoms with Crippen molar-refractivity contribution in [3.8, 4) is 44.5 Å². The van der Waals surface area contributed by atoms with E-state index in [1.54, 1.807) is 0 Å². The molecule has 0 spiro atoms. The van der Waals surface area contributed by atoms with Gasteiger partial charge in [0.2, 0.25) is 0 Å². The Morgan fingerprint density at radius 2 is 0.871 bits per heavy atom. The molecule has 0 unspecified atom stereocenters. The first kappa shape index (κ1) is 35.7. The molecule has 0 atom stereocenters. The van der Waals surface area contributed by atoms with Crippen LogP contribution in [0, 0.1) is 0 Å². The Balaban J connectivity index is 1.03. The van der Waals surface area contributed by atoms with Crippen LogP contribution >= 0.6 is 0 Å². The third-order valence-corrected chi connectivity index (χ3v) is 12.4. The lowest BCUT2D eigenvalue weighted by Gasteiger charge is -2.29. The number of hydrogen-bond donors (Lipinski definition) is 0. The molecule has 12 rings (SSSR count). The molecule has 11 aromatic carbocycles. The predicted molar refractivity (Wildman–Crippen MR) is 263 cm³/mol. The molecule has 12 aromatic rings. The monoisotopic (exact) mass is 789 g/mol. The third kappa shape index (κ3) is 6.12. The lowest BCUT2D eigenvalue weighted by molar-refractivity contribution is 0.669. The zero-order valence-corrected chi connectivity index (χ0v) is 33.9. The van der Waals surface area contributed by atoms with Gasteiger partial charge in [-0.05, 0) is 132 Å². The van der Waals surface area contributed by atoms with Crippen LogP contribution in [0.5, 0.6) is 0 Å². The molecule has 0 bridgehead atoms. The number of furan rings is 1. The fourth-order valence-electron chi connectivity index (χ4n) is 9.46. The third-order valence-electron chi connectivity index (χ3n) is 12.4. The van der Waals surface area contributed by atoms with Crippen molar-refractivity contribution in [2.45, 2.75) is 0 Å². The molecule has 290 valence electrons. The highest BCUT2D eigenvalue weighted by Crippen LogP contribution is 2.45. The smallest absolute Gasteiger partial charge is 0.136 e. The van der Waals surface area contributed by atoms with E-state index in [0.29, 0.717) is 0 Å². The van der Waals surface area contributed by atoms with Crippen molar-refractivity contribution >= 4 is 71.3 Å². The summed E-state index contributed by atoms with van der Waals surface area (Å²) in [4.78, 5) is 2.42. The second kappa shape index (κ2) is 14.8. The van der Waals surface area contributed by atoms with Gasteiger partial charge in [-0.3, -0.25) is 0 Å². The number of anilines is 3. The van der Waals surface area contributed by atoms with Crippen molar-refractivity contribution < 1.29 is 4.42 Å². The van der Waals surface area contributed by atoms with E-state index in [1.807, 2.05) is 12.1 Å². The minimum atomic E-state index is 0.914. The SMILES string of the molecule is c1ccc(-c2cccc(N(c3ccc(-c4cc5ccccc5c5ccccc45)cc3)c3ccc(-c4ccc5c(ccc6oc7ccccc7c65)c4)cc3-c3ccccc3)c2)cc1. The average Bonchev–Trinajstić information content (AvgIpc) is 3.74. The predicted octanol–water partition coefficient (Wildman–Crippen LogP) is 17.2. The van der Waals surface area contributed by atoms with Gasteiger partial charge in [0.25, 0.3) is 0 Å². The van der Waals surface area contributed by atoms with E-state index in [4.69, 9.17) is 4.42 Å². The van der Waals surface area contributed by atoms with E-state index in [2.05, 4.69) is 229 Å². The van der Waals surface area contributed by atoms with Crippen LogP contribution in [0.1, 0.15) is 0 Å². The van der Waals surface area contributed by atoms with Crippen molar-refractivity contribution in [3.63, 3.8) is 0 Å². The molecule has 1 heterocycles. The molecule has 0 radical (unpaired) electrons. The molecule has 62 heavy (non-hydrogen) atoms. The van der Waals surface area contributed by atoms with E-state index in [0.717, 1.165) is 61.3 Å². The number of rotatable bonds is 7. The van der Waals surface area contributed by atoms with Gasteiger partial charge in [0, 0.05) is 27.7 Å². The average molecular weight is 790 g/mol. The van der Waals surface area contributed by atoms with Crippen LogP contribution in [0.25, 0.3) is 98.8 Å². The van der Waals surface area contributed by atoms with Gasteiger partial charge in [-0.1, -0.05) is 176 Å². The van der Waals surface area contributed by atoms with Crippen LogP contribution in [0.15, 0.2) is 241 Å². The van der Waals surface area contributed by atoms with Gasteiger partial charge in [0.05, 0.1) is 5.69 Å². The number of benzene rings is 11. The summed E-state index contributed by atoms with van der Waals surface area (Å²) in [6.07, 6.45) is 0. The Labute approximate surface area is 360 Å². The standard InChI is InChI=1S/C60H39NO/c1-3-14-40(15-4-1)43-19-13-20-49(37-43)61(48-31-26-42(27-32-48)55-39-46-18-7-8-21-50(46)52-22-9-10-23-53(52)55)57-34-29-45(38-56(57)41-16-5-2-6-17-41)44-28-33-51-47(36-44)30-35-59-60(51)54-24-11-12-25-58(54)62-59/h1-39H. The Bertz CT molecular complexity index is 3620. The van der Waals surface area contributed by atoms with Gasteiger partial charge in [0.1, 0.15) is 11.2 Å². The van der Waals surface area contributed by atoms with Gasteiger partial charge < -0.3 is 9.32 Å². The molecule has 0 amide bonds. The highest BCUT2D eigenvalue weighted by molar-refractivity contribution is 6.19. The van der Waals surface area contributed by atoms with Crippen molar-refractivity contribution in [1.82, 2.24) is 0 Å². The van der Waals surface area contributed by atoms with E-state index < -0.39 is 0 Å². The van der Waals surface area contributed by atoms with Crippen molar-refractivity contribution in [2.75, 3.05) is 4.90 Å². The summed E-state index contributed by atoms with van der Waals surface area (Å²) >= 11 is 0. The summed E-state index contributed by atoms with van der Waals surface area (Å²) in [6.45, 7) is 0.